The number of carbonyl (C=O) groups excluding carboxylic acids is 2. The van der Waals surface area contributed by atoms with Gasteiger partial charge in [0.25, 0.3) is 0 Å². The molecule has 2 bridgehead atoms. The fourth-order valence-electron chi connectivity index (χ4n) is 4.64. The summed E-state index contributed by atoms with van der Waals surface area (Å²) in [6.07, 6.45) is 4.11. The van der Waals surface area contributed by atoms with Crippen molar-refractivity contribution in [2.24, 2.45) is 5.92 Å². The van der Waals surface area contributed by atoms with E-state index in [1.54, 1.807) is 6.07 Å². The van der Waals surface area contributed by atoms with Gasteiger partial charge in [-0.05, 0) is 71.1 Å². The molecule has 3 aliphatic rings. The molecule has 3 aliphatic heterocycles. The van der Waals surface area contributed by atoms with E-state index in [2.05, 4.69) is 0 Å². The first-order valence-electron chi connectivity index (χ1n) is 10.3. The Labute approximate surface area is 166 Å². The van der Waals surface area contributed by atoms with Crippen LogP contribution in [-0.4, -0.2) is 47.7 Å². The summed E-state index contributed by atoms with van der Waals surface area (Å²) in [6, 6.07) is 5.60. The Hall–Kier alpha value is -2.24. The minimum Gasteiger partial charge on any atom is -0.486 e. The lowest BCUT2D eigenvalue weighted by atomic mass is 9.76. The van der Waals surface area contributed by atoms with Crippen molar-refractivity contribution in [1.29, 1.82) is 0 Å². The SMILES string of the molecule is CC(C)(C)OC(=O)N1C2CCCC1CC(C(=O)c1ccc3c(c1)OCCO3)C2. The molecule has 0 radical (unpaired) electrons. The van der Waals surface area contributed by atoms with Crippen LogP contribution in [0.2, 0.25) is 0 Å². The van der Waals surface area contributed by atoms with E-state index in [1.807, 2.05) is 37.8 Å². The van der Waals surface area contributed by atoms with Crippen LogP contribution in [0.3, 0.4) is 0 Å². The van der Waals surface area contributed by atoms with E-state index >= 15 is 0 Å². The number of benzene rings is 1. The predicted molar refractivity (Wildman–Crippen MR) is 104 cm³/mol. The normalized spacial score (nSPS) is 26.5. The Balaban J connectivity index is 1.49. The molecule has 1 aromatic carbocycles. The molecule has 6 heteroatoms. The van der Waals surface area contributed by atoms with E-state index in [4.69, 9.17) is 14.2 Å². The first-order valence-corrected chi connectivity index (χ1v) is 10.3. The number of fused-ring (bicyclic) bond motifs is 3. The Morgan fingerprint density at radius 2 is 1.68 bits per heavy atom. The van der Waals surface area contributed by atoms with Crippen molar-refractivity contribution >= 4 is 11.9 Å². The average Bonchev–Trinajstić information content (AvgIpc) is 2.64. The summed E-state index contributed by atoms with van der Waals surface area (Å²) in [7, 11) is 0. The van der Waals surface area contributed by atoms with Gasteiger partial charge in [-0.2, -0.15) is 0 Å². The van der Waals surface area contributed by atoms with Crippen LogP contribution in [0.1, 0.15) is 63.2 Å². The Morgan fingerprint density at radius 1 is 1.04 bits per heavy atom. The predicted octanol–water partition coefficient (Wildman–Crippen LogP) is 4.21. The minimum atomic E-state index is -0.511. The molecular weight excluding hydrogens is 358 g/mol. The maximum absolute atomic E-state index is 13.2. The quantitative estimate of drug-likeness (QED) is 0.711. The van der Waals surface area contributed by atoms with Gasteiger partial charge >= 0.3 is 6.09 Å². The number of rotatable bonds is 2. The van der Waals surface area contributed by atoms with Gasteiger partial charge in [-0.3, -0.25) is 4.79 Å². The van der Waals surface area contributed by atoms with E-state index in [-0.39, 0.29) is 29.9 Å². The highest BCUT2D eigenvalue weighted by Gasteiger charge is 2.44. The molecule has 0 spiro atoms. The second kappa shape index (κ2) is 7.30. The fourth-order valence-corrected chi connectivity index (χ4v) is 4.64. The summed E-state index contributed by atoms with van der Waals surface area (Å²) in [5, 5.41) is 0. The van der Waals surface area contributed by atoms with Crippen LogP contribution >= 0.6 is 0 Å². The van der Waals surface area contributed by atoms with Crippen molar-refractivity contribution in [3.63, 3.8) is 0 Å². The lowest BCUT2D eigenvalue weighted by Gasteiger charge is -2.48. The van der Waals surface area contributed by atoms with E-state index < -0.39 is 5.60 Å². The molecule has 0 N–H and O–H groups in total. The number of carbonyl (C=O) groups is 2. The van der Waals surface area contributed by atoms with Gasteiger partial charge in [-0.1, -0.05) is 0 Å². The molecule has 0 aliphatic carbocycles. The lowest BCUT2D eigenvalue weighted by molar-refractivity contribution is -0.0260. The number of ketones is 1. The number of hydrogen-bond donors (Lipinski definition) is 0. The third kappa shape index (κ3) is 3.82. The minimum absolute atomic E-state index is 0.0726. The highest BCUT2D eigenvalue weighted by Crippen LogP contribution is 2.40. The number of Topliss-reactive ketones (excluding diaryl/α,β-unsaturated/α-hetero) is 1. The third-order valence-corrected chi connectivity index (χ3v) is 5.78. The summed E-state index contributed by atoms with van der Waals surface area (Å²) in [6.45, 7) is 6.70. The van der Waals surface area contributed by atoms with Crippen LogP contribution in [0, 0.1) is 5.92 Å². The molecule has 152 valence electrons. The van der Waals surface area contributed by atoms with Crippen molar-refractivity contribution in [2.45, 2.75) is 70.6 Å². The number of nitrogens with zero attached hydrogens (tertiary/aromatic N) is 1. The molecule has 2 unspecified atom stereocenters. The first-order chi connectivity index (χ1) is 13.3. The summed E-state index contributed by atoms with van der Waals surface area (Å²) >= 11 is 0. The van der Waals surface area contributed by atoms with E-state index in [1.165, 1.54) is 0 Å². The Kier molecular flexibility index (Phi) is 4.98. The molecule has 3 heterocycles. The topological polar surface area (TPSA) is 65.1 Å². The number of piperidine rings is 2. The number of ether oxygens (including phenoxy) is 3. The van der Waals surface area contributed by atoms with Gasteiger partial charge < -0.3 is 19.1 Å². The van der Waals surface area contributed by atoms with E-state index in [0.717, 1.165) is 19.3 Å². The summed E-state index contributed by atoms with van der Waals surface area (Å²) < 4.78 is 16.8. The van der Waals surface area contributed by atoms with Crippen LogP contribution < -0.4 is 9.47 Å². The van der Waals surface area contributed by atoms with Crippen LogP contribution in [0.5, 0.6) is 11.5 Å². The zero-order valence-corrected chi connectivity index (χ0v) is 16.9. The molecule has 2 saturated heterocycles. The van der Waals surface area contributed by atoms with Crippen LogP contribution in [0.4, 0.5) is 4.79 Å². The molecular formula is C22H29NO5. The highest BCUT2D eigenvalue weighted by atomic mass is 16.6. The van der Waals surface area contributed by atoms with Gasteiger partial charge in [-0.15, -0.1) is 0 Å². The standard InChI is InChI=1S/C22H29NO5/c1-22(2,3)28-21(25)23-16-5-4-6-17(23)12-15(11-16)20(24)14-7-8-18-19(13-14)27-10-9-26-18/h7-8,13,15-17H,4-6,9-12H2,1-3H3. The third-order valence-electron chi connectivity index (χ3n) is 5.78. The molecule has 0 aromatic heterocycles. The Morgan fingerprint density at radius 3 is 2.32 bits per heavy atom. The van der Waals surface area contributed by atoms with Gasteiger partial charge in [0.15, 0.2) is 17.3 Å². The number of hydrogen-bond acceptors (Lipinski definition) is 5. The van der Waals surface area contributed by atoms with Crippen molar-refractivity contribution in [3.05, 3.63) is 23.8 Å². The van der Waals surface area contributed by atoms with E-state index in [9.17, 15) is 9.59 Å². The van der Waals surface area contributed by atoms with Gasteiger partial charge in [0.2, 0.25) is 0 Å². The van der Waals surface area contributed by atoms with Crippen molar-refractivity contribution in [1.82, 2.24) is 4.90 Å². The maximum atomic E-state index is 13.2. The van der Waals surface area contributed by atoms with Gasteiger partial charge in [0.05, 0.1) is 0 Å². The Bertz CT molecular complexity index is 755. The zero-order valence-electron chi connectivity index (χ0n) is 16.9. The largest absolute Gasteiger partial charge is 0.486 e. The molecule has 1 aromatic rings. The summed E-state index contributed by atoms with van der Waals surface area (Å²) in [5.74, 6) is 1.40. The monoisotopic (exact) mass is 387 g/mol. The van der Waals surface area contributed by atoms with Gasteiger partial charge in [-0.25, -0.2) is 4.79 Å². The van der Waals surface area contributed by atoms with Gasteiger partial charge in [0.1, 0.15) is 18.8 Å². The zero-order chi connectivity index (χ0) is 19.9. The second-order valence-electron chi connectivity index (χ2n) is 9.02. The molecule has 4 rings (SSSR count). The van der Waals surface area contributed by atoms with Crippen molar-refractivity contribution in [3.8, 4) is 11.5 Å². The van der Waals surface area contributed by atoms with Crippen LogP contribution in [0.15, 0.2) is 18.2 Å². The molecule has 2 atom stereocenters. The molecule has 1 amide bonds. The second-order valence-corrected chi connectivity index (χ2v) is 9.02. The van der Waals surface area contributed by atoms with E-state index in [0.29, 0.717) is 43.1 Å². The van der Waals surface area contributed by atoms with Crippen LogP contribution in [-0.2, 0) is 4.74 Å². The van der Waals surface area contributed by atoms with Crippen molar-refractivity contribution < 1.29 is 23.8 Å². The maximum Gasteiger partial charge on any atom is 0.410 e. The highest BCUT2D eigenvalue weighted by molar-refractivity contribution is 5.98. The molecule has 0 saturated carbocycles. The fraction of sp³-hybridized carbons (Fsp3) is 0.636. The molecule has 6 nitrogen and oxygen atoms in total. The number of amides is 1. The average molecular weight is 387 g/mol. The molecule has 2 fully saturated rings. The lowest BCUT2D eigenvalue weighted by Crippen LogP contribution is -2.56. The summed E-state index contributed by atoms with van der Waals surface area (Å²) in [5.41, 5.74) is 0.154. The van der Waals surface area contributed by atoms with Crippen LogP contribution in [0.25, 0.3) is 0 Å². The first kappa shape index (κ1) is 19.1. The summed E-state index contributed by atoms with van der Waals surface area (Å²) in [4.78, 5) is 27.8. The van der Waals surface area contributed by atoms with Gasteiger partial charge in [0, 0.05) is 23.6 Å². The van der Waals surface area contributed by atoms with Crippen molar-refractivity contribution in [2.75, 3.05) is 13.2 Å². The smallest absolute Gasteiger partial charge is 0.410 e. The molecule has 28 heavy (non-hydrogen) atoms.